The molecular formula is C19H16BrN3O2S. The van der Waals surface area contributed by atoms with Crippen molar-refractivity contribution in [3.8, 4) is 16.3 Å². The topological polar surface area (TPSA) is 64.1 Å². The molecule has 0 aliphatic carbocycles. The number of carbonyl (C=O) groups is 1. The summed E-state index contributed by atoms with van der Waals surface area (Å²) >= 11 is 4.77. The van der Waals surface area contributed by atoms with Crippen molar-refractivity contribution in [2.24, 2.45) is 0 Å². The molecule has 3 aromatic rings. The first-order valence-electron chi connectivity index (χ1n) is 8.31. The van der Waals surface area contributed by atoms with E-state index in [0.717, 1.165) is 45.8 Å². The summed E-state index contributed by atoms with van der Waals surface area (Å²) in [4.78, 5) is 12.2. The predicted molar refractivity (Wildman–Crippen MR) is 106 cm³/mol. The molecule has 2 aromatic carbocycles. The number of aromatic nitrogens is 2. The molecule has 1 aromatic heterocycles. The lowest BCUT2D eigenvalue weighted by atomic mass is 10.0. The molecule has 4 rings (SSSR count). The van der Waals surface area contributed by atoms with E-state index in [1.54, 1.807) is 0 Å². The van der Waals surface area contributed by atoms with Gasteiger partial charge in [0, 0.05) is 10.0 Å². The maximum atomic E-state index is 12.2. The number of nitrogens with zero attached hydrogens (tertiary/aromatic N) is 2. The number of ether oxygens (including phenoxy) is 1. The van der Waals surface area contributed by atoms with Crippen LogP contribution in [0.2, 0.25) is 0 Å². The summed E-state index contributed by atoms with van der Waals surface area (Å²) in [5.74, 6) is 0.809. The number of nitrogens with one attached hydrogen (secondary N) is 1. The molecule has 0 saturated heterocycles. The first-order chi connectivity index (χ1) is 12.7. The zero-order chi connectivity index (χ0) is 17.9. The highest BCUT2D eigenvalue weighted by Crippen LogP contribution is 2.33. The van der Waals surface area contributed by atoms with Crippen LogP contribution >= 0.6 is 27.3 Å². The lowest BCUT2D eigenvalue weighted by Crippen LogP contribution is -2.14. The fourth-order valence-corrected chi connectivity index (χ4v) is 4.06. The van der Waals surface area contributed by atoms with Crippen molar-refractivity contribution in [2.75, 3.05) is 11.9 Å². The number of anilines is 1. The fourth-order valence-electron chi connectivity index (χ4n) is 2.86. The van der Waals surface area contributed by atoms with Gasteiger partial charge in [0.2, 0.25) is 11.0 Å². The maximum absolute atomic E-state index is 12.2. The summed E-state index contributed by atoms with van der Waals surface area (Å²) in [5, 5.41) is 12.4. The van der Waals surface area contributed by atoms with Crippen LogP contribution in [0.25, 0.3) is 10.6 Å². The van der Waals surface area contributed by atoms with Crippen LogP contribution in [0.4, 0.5) is 5.13 Å². The highest BCUT2D eigenvalue weighted by molar-refractivity contribution is 9.10. The molecule has 0 saturated carbocycles. The summed E-state index contributed by atoms with van der Waals surface area (Å²) in [6.45, 7) is 0.753. The molecule has 132 valence electrons. The Morgan fingerprint density at radius 3 is 3.04 bits per heavy atom. The van der Waals surface area contributed by atoms with Gasteiger partial charge in [0.05, 0.1) is 13.0 Å². The van der Waals surface area contributed by atoms with E-state index in [2.05, 4.69) is 37.5 Å². The van der Waals surface area contributed by atoms with Gasteiger partial charge >= 0.3 is 0 Å². The summed E-state index contributed by atoms with van der Waals surface area (Å²) in [5.41, 5.74) is 3.12. The largest absolute Gasteiger partial charge is 0.493 e. The number of carbonyl (C=O) groups excluding carboxylic acids is 1. The quantitative estimate of drug-likeness (QED) is 0.663. The van der Waals surface area contributed by atoms with E-state index in [4.69, 9.17) is 4.74 Å². The van der Waals surface area contributed by atoms with E-state index in [9.17, 15) is 4.79 Å². The Morgan fingerprint density at radius 2 is 2.15 bits per heavy atom. The fraction of sp³-hybridized carbons (Fsp3) is 0.211. The minimum Gasteiger partial charge on any atom is -0.493 e. The van der Waals surface area contributed by atoms with E-state index in [-0.39, 0.29) is 5.91 Å². The third-order valence-corrected chi connectivity index (χ3v) is 5.47. The Balaban J connectivity index is 1.45. The van der Waals surface area contributed by atoms with Crippen molar-refractivity contribution < 1.29 is 9.53 Å². The van der Waals surface area contributed by atoms with Gasteiger partial charge in [0.25, 0.3) is 0 Å². The second-order valence-corrected chi connectivity index (χ2v) is 7.93. The van der Waals surface area contributed by atoms with Gasteiger partial charge in [-0.2, -0.15) is 0 Å². The second kappa shape index (κ2) is 7.55. The second-order valence-electron chi connectivity index (χ2n) is 6.04. The normalized spacial score (nSPS) is 13.0. The van der Waals surface area contributed by atoms with Gasteiger partial charge in [0.15, 0.2) is 0 Å². The molecule has 1 N–H and O–H groups in total. The summed E-state index contributed by atoms with van der Waals surface area (Å²) in [7, 11) is 0. The molecule has 2 heterocycles. The van der Waals surface area contributed by atoms with Crippen LogP contribution in [0.5, 0.6) is 5.75 Å². The van der Waals surface area contributed by atoms with E-state index >= 15 is 0 Å². The molecule has 7 heteroatoms. The third kappa shape index (κ3) is 3.94. The van der Waals surface area contributed by atoms with E-state index in [1.165, 1.54) is 16.9 Å². The van der Waals surface area contributed by atoms with Crippen molar-refractivity contribution in [1.29, 1.82) is 0 Å². The Kier molecular flexibility index (Phi) is 4.99. The SMILES string of the molecule is O=C(Cc1cccc(Br)c1)Nc1nnc(-c2ccc3c(c2)OCCC3)s1. The van der Waals surface area contributed by atoms with Crippen LogP contribution in [-0.2, 0) is 17.6 Å². The summed E-state index contributed by atoms with van der Waals surface area (Å²) in [6.07, 6.45) is 2.39. The first kappa shape index (κ1) is 17.2. The molecular weight excluding hydrogens is 414 g/mol. The number of benzene rings is 2. The number of rotatable bonds is 4. The van der Waals surface area contributed by atoms with E-state index in [1.807, 2.05) is 36.4 Å². The van der Waals surface area contributed by atoms with E-state index < -0.39 is 0 Å². The lowest BCUT2D eigenvalue weighted by molar-refractivity contribution is -0.115. The lowest BCUT2D eigenvalue weighted by Gasteiger charge is -2.17. The monoisotopic (exact) mass is 429 g/mol. The average molecular weight is 430 g/mol. The van der Waals surface area contributed by atoms with Crippen molar-refractivity contribution in [3.05, 3.63) is 58.1 Å². The minimum absolute atomic E-state index is 0.112. The van der Waals surface area contributed by atoms with Crippen molar-refractivity contribution in [2.45, 2.75) is 19.3 Å². The molecule has 1 aliphatic heterocycles. The number of hydrogen-bond acceptors (Lipinski definition) is 5. The van der Waals surface area contributed by atoms with Crippen molar-refractivity contribution >= 4 is 38.3 Å². The smallest absolute Gasteiger partial charge is 0.230 e. The zero-order valence-corrected chi connectivity index (χ0v) is 16.3. The van der Waals surface area contributed by atoms with Crippen molar-refractivity contribution in [3.63, 3.8) is 0 Å². The van der Waals surface area contributed by atoms with Gasteiger partial charge in [-0.3, -0.25) is 4.79 Å². The molecule has 1 amide bonds. The number of fused-ring (bicyclic) bond motifs is 1. The summed E-state index contributed by atoms with van der Waals surface area (Å²) < 4.78 is 6.67. The highest BCUT2D eigenvalue weighted by atomic mass is 79.9. The molecule has 0 spiro atoms. The van der Waals surface area contributed by atoms with Crippen molar-refractivity contribution in [1.82, 2.24) is 10.2 Å². The maximum Gasteiger partial charge on any atom is 0.230 e. The number of aryl methyl sites for hydroxylation is 1. The average Bonchev–Trinajstić information content (AvgIpc) is 3.09. The molecule has 5 nitrogen and oxygen atoms in total. The van der Waals surface area contributed by atoms with Crippen LogP contribution in [0, 0.1) is 0 Å². The van der Waals surface area contributed by atoms with Crippen LogP contribution < -0.4 is 10.1 Å². The van der Waals surface area contributed by atoms with Crippen LogP contribution in [0.3, 0.4) is 0 Å². The third-order valence-electron chi connectivity index (χ3n) is 4.09. The molecule has 0 unspecified atom stereocenters. The Morgan fingerprint density at radius 1 is 1.23 bits per heavy atom. The van der Waals surface area contributed by atoms with Gasteiger partial charge in [-0.05, 0) is 42.2 Å². The number of amides is 1. The molecule has 1 aliphatic rings. The van der Waals surface area contributed by atoms with Gasteiger partial charge in [-0.1, -0.05) is 51.5 Å². The van der Waals surface area contributed by atoms with Crippen LogP contribution in [-0.4, -0.2) is 22.7 Å². The molecule has 26 heavy (non-hydrogen) atoms. The van der Waals surface area contributed by atoms with Crippen LogP contribution in [0.15, 0.2) is 46.9 Å². The molecule has 0 fully saturated rings. The van der Waals surface area contributed by atoms with E-state index in [0.29, 0.717) is 11.6 Å². The first-order valence-corrected chi connectivity index (χ1v) is 9.92. The molecule has 0 radical (unpaired) electrons. The van der Waals surface area contributed by atoms with Crippen LogP contribution in [0.1, 0.15) is 17.5 Å². The molecule has 0 bridgehead atoms. The van der Waals surface area contributed by atoms with Gasteiger partial charge in [-0.25, -0.2) is 0 Å². The standard InChI is InChI=1S/C19H16BrN3O2S/c20-15-5-1-3-12(9-15)10-17(24)21-19-23-22-18(26-19)14-7-6-13-4-2-8-25-16(13)11-14/h1,3,5-7,9,11H,2,4,8,10H2,(H,21,23,24). The minimum atomic E-state index is -0.112. The highest BCUT2D eigenvalue weighted by Gasteiger charge is 2.14. The Hall–Kier alpha value is -2.25. The number of hydrogen-bond donors (Lipinski definition) is 1. The number of halogens is 1. The van der Waals surface area contributed by atoms with Gasteiger partial charge < -0.3 is 10.1 Å². The summed E-state index contributed by atoms with van der Waals surface area (Å²) in [6, 6.07) is 13.8. The Labute approximate surface area is 163 Å². The van der Waals surface area contributed by atoms with Gasteiger partial charge in [0.1, 0.15) is 10.8 Å². The molecule has 0 atom stereocenters. The Bertz CT molecular complexity index is 957. The zero-order valence-electron chi connectivity index (χ0n) is 13.9. The van der Waals surface area contributed by atoms with Gasteiger partial charge in [-0.15, -0.1) is 10.2 Å². The predicted octanol–water partition coefficient (Wildman–Crippen LogP) is 4.47.